The van der Waals surface area contributed by atoms with Crippen molar-refractivity contribution >= 4 is 17.0 Å². The fourth-order valence-electron chi connectivity index (χ4n) is 2.66. The van der Waals surface area contributed by atoms with Gasteiger partial charge in [-0.2, -0.15) is 11.3 Å². The van der Waals surface area contributed by atoms with Gasteiger partial charge in [0, 0.05) is 36.7 Å². The highest BCUT2D eigenvalue weighted by Gasteiger charge is 2.18. The highest BCUT2D eigenvalue weighted by Crippen LogP contribution is 2.19. The van der Waals surface area contributed by atoms with E-state index in [-0.39, 0.29) is 0 Å². The standard InChI is InChI=1S/C16H20N2S/c1-2-4-14(5-3-1)12-18-9-6-15(7-10-18)17-16-8-11-19-13-16/h1-5,8,11,13,15,17H,6-7,9-10,12H2. The molecule has 0 spiro atoms. The van der Waals surface area contributed by atoms with Gasteiger partial charge in [0.25, 0.3) is 0 Å². The lowest BCUT2D eigenvalue weighted by Crippen LogP contribution is -2.38. The average Bonchev–Trinajstić information content (AvgIpc) is 2.95. The largest absolute Gasteiger partial charge is 0.382 e. The van der Waals surface area contributed by atoms with Gasteiger partial charge in [-0.15, -0.1) is 0 Å². The molecule has 3 heteroatoms. The predicted molar refractivity (Wildman–Crippen MR) is 82.7 cm³/mol. The van der Waals surface area contributed by atoms with E-state index in [1.807, 2.05) is 0 Å². The Labute approximate surface area is 119 Å². The van der Waals surface area contributed by atoms with E-state index in [1.165, 1.54) is 37.2 Å². The summed E-state index contributed by atoms with van der Waals surface area (Å²) in [5.41, 5.74) is 2.71. The van der Waals surface area contributed by atoms with Gasteiger partial charge in [-0.25, -0.2) is 0 Å². The summed E-state index contributed by atoms with van der Waals surface area (Å²) in [6.45, 7) is 3.47. The van der Waals surface area contributed by atoms with Gasteiger partial charge in [-0.1, -0.05) is 30.3 Å². The van der Waals surface area contributed by atoms with Crippen LogP contribution in [0.2, 0.25) is 0 Å². The highest BCUT2D eigenvalue weighted by atomic mass is 32.1. The third-order valence-electron chi connectivity index (χ3n) is 3.73. The molecule has 1 aliphatic heterocycles. The Hall–Kier alpha value is -1.32. The lowest BCUT2D eigenvalue weighted by Gasteiger charge is -2.32. The van der Waals surface area contributed by atoms with Crippen LogP contribution in [0.1, 0.15) is 18.4 Å². The first kappa shape index (κ1) is 12.7. The van der Waals surface area contributed by atoms with Gasteiger partial charge >= 0.3 is 0 Å². The molecule has 1 aliphatic rings. The Kier molecular flexibility index (Phi) is 4.16. The molecule has 1 N–H and O–H groups in total. The molecule has 3 rings (SSSR count). The van der Waals surface area contributed by atoms with Crippen molar-refractivity contribution in [3.63, 3.8) is 0 Å². The molecule has 0 atom stereocenters. The van der Waals surface area contributed by atoms with Crippen molar-refractivity contribution < 1.29 is 0 Å². The van der Waals surface area contributed by atoms with E-state index >= 15 is 0 Å². The van der Waals surface area contributed by atoms with Crippen molar-refractivity contribution in [3.8, 4) is 0 Å². The number of hydrogen-bond donors (Lipinski definition) is 1. The minimum Gasteiger partial charge on any atom is -0.382 e. The maximum absolute atomic E-state index is 3.63. The Morgan fingerprint density at radius 3 is 2.58 bits per heavy atom. The summed E-state index contributed by atoms with van der Waals surface area (Å²) in [4.78, 5) is 2.56. The topological polar surface area (TPSA) is 15.3 Å². The van der Waals surface area contributed by atoms with Crippen LogP contribution in [-0.2, 0) is 6.54 Å². The normalized spacial score (nSPS) is 17.5. The first-order valence-corrected chi connectivity index (χ1v) is 7.89. The fraction of sp³-hybridized carbons (Fsp3) is 0.375. The molecule has 2 nitrogen and oxygen atoms in total. The molecule has 0 unspecified atom stereocenters. The number of anilines is 1. The summed E-state index contributed by atoms with van der Waals surface area (Å²) >= 11 is 1.76. The van der Waals surface area contributed by atoms with Crippen LogP contribution in [0.25, 0.3) is 0 Å². The second kappa shape index (κ2) is 6.22. The van der Waals surface area contributed by atoms with E-state index in [9.17, 15) is 0 Å². The third-order valence-corrected chi connectivity index (χ3v) is 4.41. The molecule has 1 fully saturated rings. The lowest BCUT2D eigenvalue weighted by atomic mass is 10.0. The number of hydrogen-bond acceptors (Lipinski definition) is 3. The fourth-order valence-corrected chi connectivity index (χ4v) is 3.26. The predicted octanol–water partition coefficient (Wildman–Crippen LogP) is 3.82. The number of benzene rings is 1. The van der Waals surface area contributed by atoms with Gasteiger partial charge in [0.1, 0.15) is 0 Å². The average molecular weight is 272 g/mol. The number of thiophene rings is 1. The van der Waals surface area contributed by atoms with E-state index in [4.69, 9.17) is 0 Å². The molecule has 100 valence electrons. The second-order valence-corrected chi connectivity index (χ2v) is 5.97. The lowest BCUT2D eigenvalue weighted by molar-refractivity contribution is 0.211. The van der Waals surface area contributed by atoms with E-state index in [2.05, 4.69) is 57.4 Å². The van der Waals surface area contributed by atoms with Crippen molar-refractivity contribution in [1.82, 2.24) is 4.90 Å². The minimum atomic E-state index is 0.640. The molecular weight excluding hydrogens is 252 g/mol. The molecule has 2 aromatic rings. The smallest absolute Gasteiger partial charge is 0.0450 e. The van der Waals surface area contributed by atoms with Crippen molar-refractivity contribution in [2.75, 3.05) is 18.4 Å². The summed E-state index contributed by atoms with van der Waals surface area (Å²) < 4.78 is 0. The van der Waals surface area contributed by atoms with E-state index in [1.54, 1.807) is 11.3 Å². The van der Waals surface area contributed by atoms with Crippen molar-refractivity contribution in [1.29, 1.82) is 0 Å². The van der Waals surface area contributed by atoms with Crippen molar-refractivity contribution in [2.24, 2.45) is 0 Å². The Bertz CT molecular complexity index is 473. The molecule has 0 bridgehead atoms. The zero-order valence-corrected chi connectivity index (χ0v) is 11.9. The second-order valence-electron chi connectivity index (χ2n) is 5.19. The van der Waals surface area contributed by atoms with Crippen LogP contribution in [0, 0.1) is 0 Å². The molecule has 0 saturated carbocycles. The first-order valence-electron chi connectivity index (χ1n) is 6.95. The summed E-state index contributed by atoms with van der Waals surface area (Å²) in [6, 6.07) is 13.6. The van der Waals surface area contributed by atoms with Gasteiger partial charge in [-0.3, -0.25) is 4.90 Å². The molecule has 1 aromatic carbocycles. The maximum Gasteiger partial charge on any atom is 0.0450 e. The summed E-state index contributed by atoms with van der Waals surface area (Å²) in [6.07, 6.45) is 2.48. The monoisotopic (exact) mass is 272 g/mol. The van der Waals surface area contributed by atoms with Crippen LogP contribution in [-0.4, -0.2) is 24.0 Å². The van der Waals surface area contributed by atoms with Gasteiger partial charge in [0.15, 0.2) is 0 Å². The molecule has 19 heavy (non-hydrogen) atoms. The summed E-state index contributed by atoms with van der Waals surface area (Å²) in [5.74, 6) is 0. The minimum absolute atomic E-state index is 0.640. The Morgan fingerprint density at radius 2 is 1.89 bits per heavy atom. The number of piperidine rings is 1. The molecule has 1 saturated heterocycles. The van der Waals surface area contributed by atoms with Gasteiger partial charge in [0.05, 0.1) is 0 Å². The number of nitrogens with one attached hydrogen (secondary N) is 1. The third kappa shape index (κ3) is 3.58. The SMILES string of the molecule is c1ccc(CN2CCC(Nc3ccsc3)CC2)cc1. The highest BCUT2D eigenvalue weighted by molar-refractivity contribution is 7.08. The van der Waals surface area contributed by atoms with Crippen LogP contribution in [0.5, 0.6) is 0 Å². The van der Waals surface area contributed by atoms with Crippen LogP contribution in [0.4, 0.5) is 5.69 Å². The van der Waals surface area contributed by atoms with Crippen LogP contribution >= 0.6 is 11.3 Å². The van der Waals surface area contributed by atoms with Crippen LogP contribution < -0.4 is 5.32 Å². The van der Waals surface area contributed by atoms with E-state index < -0.39 is 0 Å². The quantitative estimate of drug-likeness (QED) is 0.910. The zero-order chi connectivity index (χ0) is 12.9. The summed E-state index contributed by atoms with van der Waals surface area (Å²) in [7, 11) is 0. The first-order chi connectivity index (χ1) is 9.40. The maximum atomic E-state index is 3.63. The Balaban J connectivity index is 1.47. The van der Waals surface area contributed by atoms with E-state index in [0.717, 1.165) is 6.54 Å². The zero-order valence-electron chi connectivity index (χ0n) is 11.1. The molecule has 0 radical (unpaired) electrons. The van der Waals surface area contributed by atoms with Gasteiger partial charge < -0.3 is 5.32 Å². The molecular formula is C16H20N2S. The summed E-state index contributed by atoms with van der Waals surface area (Å²) in [5, 5.41) is 7.95. The molecule has 1 aromatic heterocycles. The Morgan fingerprint density at radius 1 is 1.11 bits per heavy atom. The van der Waals surface area contributed by atoms with Crippen molar-refractivity contribution in [2.45, 2.75) is 25.4 Å². The number of likely N-dealkylation sites (tertiary alicyclic amines) is 1. The van der Waals surface area contributed by atoms with Crippen LogP contribution in [0.3, 0.4) is 0 Å². The molecule has 0 aliphatic carbocycles. The molecule has 0 amide bonds. The van der Waals surface area contributed by atoms with Gasteiger partial charge in [-0.05, 0) is 29.9 Å². The number of nitrogens with zero attached hydrogens (tertiary/aromatic N) is 1. The van der Waals surface area contributed by atoms with E-state index in [0.29, 0.717) is 6.04 Å². The van der Waals surface area contributed by atoms with Crippen LogP contribution in [0.15, 0.2) is 47.2 Å². The van der Waals surface area contributed by atoms with Crippen molar-refractivity contribution in [3.05, 3.63) is 52.7 Å². The number of rotatable bonds is 4. The molecule has 2 heterocycles. The van der Waals surface area contributed by atoms with Gasteiger partial charge in [0.2, 0.25) is 0 Å².